The van der Waals surface area contributed by atoms with Crippen LogP contribution in [0, 0.1) is 0 Å². The predicted octanol–water partition coefficient (Wildman–Crippen LogP) is 20.5. The fraction of sp³-hybridized carbons (Fsp3) is 0.769. The van der Waals surface area contributed by atoms with Crippen molar-refractivity contribution in [1.82, 2.24) is 0 Å². The standard InChI is InChI=1S/C65H114O6/c1-4-7-10-13-16-19-22-24-26-28-30-31-32-33-35-36-38-40-43-46-49-52-55-58-64(67)70-61-62(60-69-63(66)57-54-51-48-45-42-21-18-15-12-9-6-3)71-65(68)59-56-53-50-47-44-41-39-37-34-29-27-25-23-20-17-14-11-8-5-2/h7,10,16,19,24-27,30-31,33,35,62H,4-6,8-9,11-15,17-18,20-23,28-29,32,34,36-61H2,1-3H3/b10-7-,19-16-,26-24-,27-25-,31-30-,35-33-. The third kappa shape index (κ3) is 57.6. The van der Waals surface area contributed by atoms with Gasteiger partial charge in [0.05, 0.1) is 0 Å². The molecule has 0 aromatic rings. The molecule has 0 N–H and O–H groups in total. The van der Waals surface area contributed by atoms with Crippen molar-refractivity contribution in [1.29, 1.82) is 0 Å². The maximum Gasteiger partial charge on any atom is 0.306 e. The Balaban J connectivity index is 4.32. The van der Waals surface area contributed by atoms with Crippen molar-refractivity contribution in [3.05, 3.63) is 72.9 Å². The summed E-state index contributed by atoms with van der Waals surface area (Å²) in [7, 11) is 0. The number of ether oxygens (including phenoxy) is 3. The molecule has 0 heterocycles. The highest BCUT2D eigenvalue weighted by molar-refractivity contribution is 5.71. The molecule has 1 unspecified atom stereocenters. The molecule has 71 heavy (non-hydrogen) atoms. The first kappa shape index (κ1) is 67.8. The molecule has 0 aromatic carbocycles. The fourth-order valence-corrected chi connectivity index (χ4v) is 8.64. The van der Waals surface area contributed by atoms with Crippen molar-refractivity contribution >= 4 is 17.9 Å². The summed E-state index contributed by atoms with van der Waals surface area (Å²) in [5.74, 6) is -0.879. The van der Waals surface area contributed by atoms with Gasteiger partial charge in [0.2, 0.25) is 0 Å². The molecule has 0 aromatic heterocycles. The van der Waals surface area contributed by atoms with Gasteiger partial charge >= 0.3 is 17.9 Å². The van der Waals surface area contributed by atoms with Crippen LogP contribution in [0.2, 0.25) is 0 Å². The Kier molecular flexibility index (Phi) is 56.8. The third-order valence-electron chi connectivity index (χ3n) is 13.2. The lowest BCUT2D eigenvalue weighted by Gasteiger charge is -2.18. The molecule has 0 aliphatic carbocycles. The van der Waals surface area contributed by atoms with E-state index in [2.05, 4.69) is 93.7 Å². The lowest BCUT2D eigenvalue weighted by atomic mass is 10.1. The van der Waals surface area contributed by atoms with Gasteiger partial charge in [0, 0.05) is 19.3 Å². The van der Waals surface area contributed by atoms with Crippen LogP contribution >= 0.6 is 0 Å². The molecule has 0 bridgehead atoms. The maximum atomic E-state index is 12.9. The van der Waals surface area contributed by atoms with E-state index in [1.807, 2.05) is 0 Å². The summed E-state index contributed by atoms with van der Waals surface area (Å²) in [6.07, 6.45) is 76.1. The van der Waals surface area contributed by atoms with Gasteiger partial charge in [-0.15, -0.1) is 0 Å². The van der Waals surface area contributed by atoms with Crippen LogP contribution in [0.5, 0.6) is 0 Å². The molecule has 0 aliphatic rings. The monoisotopic (exact) mass is 991 g/mol. The topological polar surface area (TPSA) is 78.9 Å². The third-order valence-corrected chi connectivity index (χ3v) is 13.2. The number of hydrogen-bond donors (Lipinski definition) is 0. The van der Waals surface area contributed by atoms with Crippen LogP contribution in [0.25, 0.3) is 0 Å². The van der Waals surface area contributed by atoms with Crippen molar-refractivity contribution in [3.63, 3.8) is 0 Å². The van der Waals surface area contributed by atoms with Gasteiger partial charge in [0.1, 0.15) is 13.2 Å². The first-order chi connectivity index (χ1) is 35.0. The highest BCUT2D eigenvalue weighted by Gasteiger charge is 2.19. The Hall–Kier alpha value is -3.15. The largest absolute Gasteiger partial charge is 0.462 e. The summed E-state index contributed by atoms with van der Waals surface area (Å²) in [6, 6.07) is 0. The SMILES string of the molecule is CC/C=C\C/C=C\C/C=C\C/C=C\C/C=C\CCCCCCCCCC(=O)OCC(COC(=O)CCCCCCCCCCCCC)OC(=O)CCCCCCCCCCC/C=C\CCCCCCCC. The predicted molar refractivity (Wildman–Crippen MR) is 307 cm³/mol. The average Bonchev–Trinajstić information content (AvgIpc) is 3.37. The van der Waals surface area contributed by atoms with Gasteiger partial charge < -0.3 is 14.2 Å². The van der Waals surface area contributed by atoms with Crippen molar-refractivity contribution in [3.8, 4) is 0 Å². The van der Waals surface area contributed by atoms with Crippen LogP contribution in [0.4, 0.5) is 0 Å². The van der Waals surface area contributed by atoms with Crippen molar-refractivity contribution in [2.24, 2.45) is 0 Å². The van der Waals surface area contributed by atoms with E-state index in [0.717, 1.165) is 96.3 Å². The van der Waals surface area contributed by atoms with Crippen molar-refractivity contribution in [2.75, 3.05) is 13.2 Å². The Morgan fingerprint density at radius 2 is 0.549 bits per heavy atom. The lowest BCUT2D eigenvalue weighted by Crippen LogP contribution is -2.30. The Morgan fingerprint density at radius 1 is 0.296 bits per heavy atom. The molecule has 0 saturated carbocycles. The molecule has 1 atom stereocenters. The van der Waals surface area contributed by atoms with Crippen molar-refractivity contribution in [2.45, 2.75) is 309 Å². The van der Waals surface area contributed by atoms with E-state index in [-0.39, 0.29) is 31.1 Å². The molecule has 410 valence electrons. The van der Waals surface area contributed by atoms with E-state index in [9.17, 15) is 14.4 Å². The second kappa shape index (κ2) is 59.4. The molecular weight excluding hydrogens is 877 g/mol. The van der Waals surface area contributed by atoms with Crippen LogP contribution < -0.4 is 0 Å². The molecule has 0 amide bonds. The van der Waals surface area contributed by atoms with Crippen LogP contribution in [0.3, 0.4) is 0 Å². The molecule has 6 nitrogen and oxygen atoms in total. The number of esters is 3. The minimum Gasteiger partial charge on any atom is -0.462 e. The highest BCUT2D eigenvalue weighted by Crippen LogP contribution is 2.16. The van der Waals surface area contributed by atoms with Crippen LogP contribution in [0.1, 0.15) is 303 Å². The van der Waals surface area contributed by atoms with Gasteiger partial charge in [-0.3, -0.25) is 14.4 Å². The van der Waals surface area contributed by atoms with Gasteiger partial charge in [-0.2, -0.15) is 0 Å². The van der Waals surface area contributed by atoms with E-state index in [1.54, 1.807) is 0 Å². The smallest absolute Gasteiger partial charge is 0.306 e. The average molecular weight is 992 g/mol. The molecule has 6 heteroatoms. The number of carbonyl (C=O) groups excluding carboxylic acids is 3. The summed E-state index contributed by atoms with van der Waals surface area (Å²) in [5, 5.41) is 0. The summed E-state index contributed by atoms with van der Waals surface area (Å²) >= 11 is 0. The maximum absolute atomic E-state index is 12.9. The van der Waals surface area contributed by atoms with E-state index >= 15 is 0 Å². The van der Waals surface area contributed by atoms with Crippen molar-refractivity contribution < 1.29 is 28.6 Å². The quantitative estimate of drug-likeness (QED) is 0.0261. The number of unbranched alkanes of at least 4 members (excludes halogenated alkanes) is 32. The fourth-order valence-electron chi connectivity index (χ4n) is 8.64. The van der Waals surface area contributed by atoms with Crippen LogP contribution in [0.15, 0.2) is 72.9 Å². The Bertz CT molecular complexity index is 1320. The number of rotatable bonds is 55. The zero-order valence-corrected chi connectivity index (χ0v) is 47.0. The van der Waals surface area contributed by atoms with E-state index in [4.69, 9.17) is 14.2 Å². The summed E-state index contributed by atoms with van der Waals surface area (Å²) in [4.78, 5) is 38.2. The zero-order chi connectivity index (χ0) is 51.4. The lowest BCUT2D eigenvalue weighted by molar-refractivity contribution is -0.167. The zero-order valence-electron chi connectivity index (χ0n) is 47.0. The first-order valence-corrected chi connectivity index (χ1v) is 30.4. The molecule has 0 fully saturated rings. The van der Waals surface area contributed by atoms with Crippen LogP contribution in [-0.2, 0) is 28.6 Å². The minimum atomic E-state index is -0.779. The summed E-state index contributed by atoms with van der Waals surface area (Å²) < 4.78 is 16.9. The molecular formula is C65H114O6. The molecule has 0 radical (unpaired) electrons. The van der Waals surface area contributed by atoms with Gasteiger partial charge in [0.15, 0.2) is 6.10 Å². The first-order valence-electron chi connectivity index (χ1n) is 30.4. The van der Waals surface area contributed by atoms with Gasteiger partial charge in [-0.1, -0.05) is 267 Å². The molecule has 0 saturated heterocycles. The second-order valence-electron chi connectivity index (χ2n) is 20.2. The van der Waals surface area contributed by atoms with Crippen LogP contribution in [-0.4, -0.2) is 37.2 Å². The molecule has 0 aliphatic heterocycles. The highest BCUT2D eigenvalue weighted by atomic mass is 16.6. The number of carbonyl (C=O) groups is 3. The van der Waals surface area contributed by atoms with E-state index in [0.29, 0.717) is 19.3 Å². The normalized spacial score (nSPS) is 12.5. The minimum absolute atomic E-state index is 0.0769. The van der Waals surface area contributed by atoms with Gasteiger partial charge in [0.25, 0.3) is 0 Å². The van der Waals surface area contributed by atoms with Gasteiger partial charge in [-0.25, -0.2) is 0 Å². The molecule has 0 rings (SSSR count). The Morgan fingerprint density at radius 3 is 0.873 bits per heavy atom. The second-order valence-corrected chi connectivity index (χ2v) is 20.2. The van der Waals surface area contributed by atoms with E-state index < -0.39 is 6.10 Å². The Labute approximate surface area is 440 Å². The van der Waals surface area contributed by atoms with E-state index in [1.165, 1.54) is 167 Å². The molecule has 0 spiro atoms. The van der Waals surface area contributed by atoms with Gasteiger partial charge in [-0.05, 0) is 89.9 Å². The number of hydrogen-bond acceptors (Lipinski definition) is 6. The summed E-state index contributed by atoms with van der Waals surface area (Å²) in [5.41, 5.74) is 0. The number of allylic oxidation sites excluding steroid dienone is 12. The summed E-state index contributed by atoms with van der Waals surface area (Å²) in [6.45, 7) is 6.53.